The van der Waals surface area contributed by atoms with Crippen molar-refractivity contribution in [1.82, 2.24) is 19.5 Å². The molecule has 0 aromatic heterocycles. The summed E-state index contributed by atoms with van der Waals surface area (Å²) in [5.41, 5.74) is -5.18. The molecule has 2 aromatic rings. The minimum absolute atomic E-state index is 0.789. The van der Waals surface area contributed by atoms with Crippen molar-refractivity contribution in [3.63, 3.8) is 0 Å². The molecule has 4 unspecified atom stereocenters. The van der Waals surface area contributed by atoms with Crippen molar-refractivity contribution >= 4 is 130 Å². The van der Waals surface area contributed by atoms with E-state index in [0.717, 1.165) is 74.7 Å². The molecule has 6 rings (SSSR count). The third-order valence-electron chi connectivity index (χ3n) is 7.04. The molecule has 46 heavy (non-hydrogen) atoms. The second-order valence-electron chi connectivity index (χ2n) is 10.6. The molecule has 2 aromatic carbocycles. The monoisotopic (exact) mass is 892 g/mol. The van der Waals surface area contributed by atoms with Crippen molar-refractivity contribution in [2.75, 3.05) is 39.3 Å². The number of nitrogens with zero attached hydrogens (tertiary/aromatic N) is 8. The quantitative estimate of drug-likeness (QED) is 0.114. The summed E-state index contributed by atoms with van der Waals surface area (Å²) in [5.74, 6) is -5.95. The van der Waals surface area contributed by atoms with Crippen LogP contribution in [-0.2, 0) is 0 Å². The minimum Gasteiger partial charge on any atom is -0.253 e. The van der Waals surface area contributed by atoms with Gasteiger partial charge < -0.3 is 0 Å². The molecular formula is C22H34Cl4N10P6S4. The van der Waals surface area contributed by atoms with E-state index in [1.165, 1.54) is 22.8 Å². The SMILES string of the molecule is SP1(Sc2ccccc2)=NP2(=NP(Cl)(Cl)=N1)NCCCN2CCCCN1CCCNP12=NP(Cl)(Cl)=NP(S)(Sc1ccccc1)=N2. The Labute approximate surface area is 309 Å². The Morgan fingerprint density at radius 1 is 0.609 bits per heavy atom. The summed E-state index contributed by atoms with van der Waals surface area (Å²) < 4.78 is 34.6. The van der Waals surface area contributed by atoms with Gasteiger partial charge in [0.25, 0.3) is 11.8 Å². The maximum atomic E-state index is 6.80. The Hall–Kier alpha value is 2.22. The number of hydrogen-bond donors (Lipinski definition) is 4. The molecule has 10 nitrogen and oxygen atoms in total. The van der Waals surface area contributed by atoms with Crippen molar-refractivity contribution < 1.29 is 0 Å². The predicted molar refractivity (Wildman–Crippen MR) is 220 cm³/mol. The van der Waals surface area contributed by atoms with Crippen LogP contribution in [0.4, 0.5) is 0 Å². The third-order valence-corrected chi connectivity index (χ3v) is 37.9. The average Bonchev–Trinajstić information content (AvgIpc) is 2.95. The fourth-order valence-corrected chi connectivity index (χ4v) is 46.1. The van der Waals surface area contributed by atoms with Gasteiger partial charge in [-0.2, -0.15) is 27.1 Å². The first-order chi connectivity index (χ1) is 21.8. The van der Waals surface area contributed by atoms with Crippen LogP contribution in [0.15, 0.2) is 97.5 Å². The van der Waals surface area contributed by atoms with Crippen molar-refractivity contribution in [1.29, 1.82) is 0 Å². The van der Waals surface area contributed by atoms with Crippen LogP contribution < -0.4 is 10.2 Å². The lowest BCUT2D eigenvalue weighted by Gasteiger charge is -2.42. The molecule has 0 saturated carbocycles. The number of hydrogen-bond acceptors (Lipinski definition) is 12. The largest absolute Gasteiger partial charge is 0.257 e. The molecule has 4 heterocycles. The molecule has 2 fully saturated rings. The summed E-state index contributed by atoms with van der Waals surface area (Å²) >= 11 is 40.3. The Bertz CT molecular complexity index is 1660. The minimum atomic E-state index is -2.98. The highest BCUT2D eigenvalue weighted by Crippen LogP contribution is 2.89. The molecule has 2 spiro atoms. The van der Waals surface area contributed by atoms with Gasteiger partial charge in [0.2, 0.25) is 15.0 Å². The number of halogens is 4. The fraction of sp³-hybridized carbons (Fsp3) is 0.455. The van der Waals surface area contributed by atoms with Crippen molar-refractivity contribution in [3.05, 3.63) is 60.7 Å². The zero-order valence-electron chi connectivity index (χ0n) is 24.3. The highest BCUT2D eigenvalue weighted by atomic mass is 35.9. The standard InChI is InChI=1S/C22H34Cl4N10P6S4/c23-37(24)29-39(33-41(43,31-37)45-21-11-3-1-4-12-21)27-15-9-19-35(39)17-7-8-18-36-20-10-16-28-40(36)30-38(25,26)32-42(44,34-40)46-22-13-5-2-6-14-22/h1-6,11-14,27-28,43-44H,7-10,15-20H2. The second-order valence-corrected chi connectivity index (χ2v) is 39.9. The zero-order chi connectivity index (χ0) is 32.5. The molecule has 4 aliphatic heterocycles. The molecular weight excluding hydrogens is 860 g/mol. The Balaban J connectivity index is 1.20. The van der Waals surface area contributed by atoms with E-state index < -0.39 is 38.1 Å². The zero-order valence-corrected chi connectivity index (χ0v) is 36.1. The van der Waals surface area contributed by atoms with Gasteiger partial charge in [0.05, 0.1) is 0 Å². The van der Waals surface area contributed by atoms with Crippen LogP contribution in [0, 0.1) is 0 Å². The van der Waals surface area contributed by atoms with E-state index in [-0.39, 0.29) is 0 Å². The van der Waals surface area contributed by atoms with Gasteiger partial charge in [0.1, 0.15) is 0 Å². The summed E-state index contributed by atoms with van der Waals surface area (Å²) in [5, 5.41) is 7.27. The molecule has 2 N–H and O–H groups in total. The van der Waals surface area contributed by atoms with Gasteiger partial charge in [-0.1, -0.05) is 36.4 Å². The number of rotatable bonds is 9. The average molecular weight is 895 g/mol. The van der Waals surface area contributed by atoms with Crippen LogP contribution in [-0.4, -0.2) is 48.6 Å². The summed E-state index contributed by atoms with van der Waals surface area (Å²) in [6.07, 6.45) is 3.79. The van der Waals surface area contributed by atoms with E-state index in [2.05, 4.69) is 19.5 Å². The van der Waals surface area contributed by atoms with Crippen LogP contribution in [0.3, 0.4) is 0 Å². The van der Waals surface area contributed by atoms with Gasteiger partial charge in [-0.15, -0.1) is 24.5 Å². The van der Waals surface area contributed by atoms with Crippen LogP contribution in [0.1, 0.15) is 25.7 Å². The van der Waals surface area contributed by atoms with Gasteiger partial charge in [-0.05, 0) is 118 Å². The van der Waals surface area contributed by atoms with Crippen molar-refractivity contribution in [3.8, 4) is 0 Å². The number of benzene rings is 2. The molecule has 2 saturated heterocycles. The molecule has 0 bridgehead atoms. The molecule has 0 aliphatic carbocycles. The van der Waals surface area contributed by atoms with Crippen LogP contribution >= 0.6 is 130 Å². The molecule has 0 amide bonds. The van der Waals surface area contributed by atoms with Crippen molar-refractivity contribution in [2.45, 2.75) is 35.5 Å². The third kappa shape index (κ3) is 9.60. The maximum absolute atomic E-state index is 6.80. The molecule has 0 radical (unpaired) electrons. The molecule has 254 valence electrons. The summed E-state index contributed by atoms with van der Waals surface area (Å²) in [4.78, 5) is 2.06. The van der Waals surface area contributed by atoms with E-state index in [1.807, 2.05) is 60.7 Å². The van der Waals surface area contributed by atoms with Crippen molar-refractivity contribution in [2.24, 2.45) is 27.1 Å². The van der Waals surface area contributed by atoms with E-state index in [9.17, 15) is 0 Å². The number of unbranched alkanes of at least 4 members (excludes halogenated alkanes) is 1. The van der Waals surface area contributed by atoms with E-state index in [0.29, 0.717) is 0 Å². The van der Waals surface area contributed by atoms with Gasteiger partial charge in [0.15, 0.2) is 11.2 Å². The van der Waals surface area contributed by atoms with Crippen LogP contribution in [0.25, 0.3) is 0 Å². The van der Waals surface area contributed by atoms with Gasteiger partial charge in [0, 0.05) is 49.1 Å². The van der Waals surface area contributed by atoms with E-state index in [4.69, 9.17) is 96.6 Å². The normalized spacial score (nSPS) is 34.0. The predicted octanol–water partition coefficient (Wildman–Crippen LogP) is 14.5. The Morgan fingerprint density at radius 3 is 1.39 bits per heavy atom. The highest BCUT2D eigenvalue weighted by Gasteiger charge is 2.41. The van der Waals surface area contributed by atoms with Gasteiger partial charge in [-0.25, -0.2) is 9.34 Å². The molecule has 4 aliphatic rings. The maximum Gasteiger partial charge on any atom is 0.257 e. The highest BCUT2D eigenvalue weighted by molar-refractivity contribution is 8.87. The Morgan fingerprint density at radius 2 is 1.00 bits per heavy atom. The van der Waals surface area contributed by atoms with E-state index >= 15 is 0 Å². The first-order valence-electron chi connectivity index (χ1n) is 14.4. The van der Waals surface area contributed by atoms with Crippen LogP contribution in [0.5, 0.6) is 0 Å². The van der Waals surface area contributed by atoms with Gasteiger partial charge in [-0.3, -0.25) is 10.2 Å². The number of thiol groups is 2. The lowest BCUT2D eigenvalue weighted by atomic mass is 10.3. The summed E-state index contributed by atoms with van der Waals surface area (Å²) in [6, 6.07) is 20.1. The fourth-order valence-electron chi connectivity index (χ4n) is 5.24. The second kappa shape index (κ2) is 15.7. The number of nitrogens with one attached hydrogen (secondary N) is 2. The van der Waals surface area contributed by atoms with E-state index in [1.54, 1.807) is 0 Å². The first-order valence-corrected chi connectivity index (χ1v) is 33.2. The lowest BCUT2D eigenvalue weighted by Crippen LogP contribution is -2.37. The first kappa shape index (κ1) is 38.0. The smallest absolute Gasteiger partial charge is 0.253 e. The summed E-state index contributed by atoms with van der Waals surface area (Å²) in [6.45, 7) is 4.89. The lowest BCUT2D eigenvalue weighted by molar-refractivity contribution is 0.365. The molecule has 4 atom stereocenters. The summed E-state index contributed by atoms with van der Waals surface area (Å²) in [7, 11) is -5.16. The topological polar surface area (TPSA) is 105 Å². The van der Waals surface area contributed by atoms with Gasteiger partial charge >= 0.3 is 0 Å². The molecule has 24 heteroatoms. The van der Waals surface area contributed by atoms with Crippen LogP contribution in [0.2, 0.25) is 0 Å². The Kier molecular flexibility index (Phi) is 12.9.